The second kappa shape index (κ2) is 8.56. The average molecular weight is 384 g/mol. The number of nitrogens with zero attached hydrogens (tertiary/aromatic N) is 4. The molecular weight excluding hydrogens is 360 g/mol. The quantitative estimate of drug-likeness (QED) is 0.736. The molecule has 146 valence electrons. The first-order valence-corrected chi connectivity index (χ1v) is 9.82. The van der Waals surface area contributed by atoms with Crippen LogP contribution in [0, 0.1) is 11.6 Å². The Labute approximate surface area is 163 Å². The number of halogens is 2. The molecule has 1 N–H and O–H groups in total. The van der Waals surface area contributed by atoms with Gasteiger partial charge in [0.15, 0.2) is 6.04 Å². The molecule has 0 bridgehead atoms. The van der Waals surface area contributed by atoms with Gasteiger partial charge in [-0.15, -0.1) is 5.10 Å². The summed E-state index contributed by atoms with van der Waals surface area (Å²) in [4.78, 5) is 1.29. The highest BCUT2D eigenvalue weighted by Crippen LogP contribution is 2.21. The SMILES string of the molecule is Fc1ccc(Cn2nnnc2[C@H](c2ccccc2F)[NH+]2CCCCCC2)cc1. The minimum Gasteiger partial charge on any atom is -0.322 e. The van der Waals surface area contributed by atoms with Crippen molar-refractivity contribution < 1.29 is 13.7 Å². The summed E-state index contributed by atoms with van der Waals surface area (Å²) in [6, 6.07) is 12.9. The van der Waals surface area contributed by atoms with Crippen molar-refractivity contribution in [3.63, 3.8) is 0 Å². The van der Waals surface area contributed by atoms with Gasteiger partial charge in [-0.1, -0.05) is 24.3 Å². The molecular formula is C21H24F2N5+. The van der Waals surface area contributed by atoms with E-state index >= 15 is 0 Å². The number of quaternary nitrogens is 1. The first-order chi connectivity index (χ1) is 13.7. The molecule has 28 heavy (non-hydrogen) atoms. The van der Waals surface area contributed by atoms with Gasteiger partial charge in [-0.25, -0.2) is 13.5 Å². The Bertz CT molecular complexity index is 901. The highest BCUT2D eigenvalue weighted by atomic mass is 19.1. The summed E-state index contributed by atoms with van der Waals surface area (Å²) in [6.45, 7) is 2.34. The number of hydrogen-bond donors (Lipinski definition) is 1. The van der Waals surface area contributed by atoms with Crippen LogP contribution in [0.25, 0.3) is 0 Å². The van der Waals surface area contributed by atoms with Gasteiger partial charge in [-0.05, 0) is 65.9 Å². The van der Waals surface area contributed by atoms with Gasteiger partial charge in [0.05, 0.1) is 25.2 Å². The third-order valence-electron chi connectivity index (χ3n) is 5.43. The number of nitrogens with one attached hydrogen (secondary N) is 1. The smallest absolute Gasteiger partial charge is 0.214 e. The van der Waals surface area contributed by atoms with E-state index < -0.39 is 0 Å². The highest BCUT2D eigenvalue weighted by molar-refractivity contribution is 5.25. The Morgan fingerprint density at radius 1 is 0.929 bits per heavy atom. The van der Waals surface area contributed by atoms with Crippen LogP contribution in [-0.2, 0) is 6.54 Å². The molecule has 0 spiro atoms. The molecule has 0 saturated carbocycles. The van der Waals surface area contributed by atoms with Crippen molar-refractivity contribution in [3.05, 3.63) is 77.1 Å². The van der Waals surface area contributed by atoms with Crippen LogP contribution in [0.3, 0.4) is 0 Å². The molecule has 7 heteroatoms. The van der Waals surface area contributed by atoms with E-state index in [1.807, 2.05) is 12.1 Å². The normalized spacial score (nSPS) is 16.6. The van der Waals surface area contributed by atoms with Gasteiger partial charge in [-0.3, -0.25) is 0 Å². The zero-order chi connectivity index (χ0) is 19.3. The molecule has 1 aromatic heterocycles. The highest BCUT2D eigenvalue weighted by Gasteiger charge is 2.33. The minimum atomic E-state index is -0.279. The van der Waals surface area contributed by atoms with Crippen LogP contribution in [0.1, 0.15) is 48.7 Å². The van der Waals surface area contributed by atoms with Crippen molar-refractivity contribution in [1.29, 1.82) is 0 Å². The molecule has 0 radical (unpaired) electrons. The Morgan fingerprint density at radius 2 is 1.64 bits per heavy atom. The van der Waals surface area contributed by atoms with Crippen LogP contribution in [0.5, 0.6) is 0 Å². The van der Waals surface area contributed by atoms with Crippen LogP contribution in [0.15, 0.2) is 48.5 Å². The molecule has 0 amide bonds. The maximum atomic E-state index is 14.8. The van der Waals surface area contributed by atoms with E-state index in [2.05, 4.69) is 15.5 Å². The summed E-state index contributed by atoms with van der Waals surface area (Å²) >= 11 is 0. The van der Waals surface area contributed by atoms with E-state index in [1.54, 1.807) is 22.9 Å². The van der Waals surface area contributed by atoms with Gasteiger partial charge in [0.2, 0.25) is 5.82 Å². The van der Waals surface area contributed by atoms with Crippen molar-refractivity contribution in [2.24, 2.45) is 0 Å². The Hall–Kier alpha value is -2.67. The number of rotatable bonds is 5. The maximum absolute atomic E-state index is 14.8. The zero-order valence-electron chi connectivity index (χ0n) is 15.7. The van der Waals surface area contributed by atoms with E-state index in [-0.39, 0.29) is 17.7 Å². The predicted octanol–water partition coefficient (Wildman–Crippen LogP) is 2.55. The lowest BCUT2D eigenvalue weighted by Gasteiger charge is -2.27. The second-order valence-electron chi connectivity index (χ2n) is 7.35. The molecule has 2 heterocycles. The lowest BCUT2D eigenvalue weighted by Crippen LogP contribution is -3.12. The Balaban J connectivity index is 1.72. The van der Waals surface area contributed by atoms with E-state index in [9.17, 15) is 8.78 Å². The molecule has 0 unspecified atom stereocenters. The average Bonchev–Trinajstić information content (AvgIpc) is 2.97. The Kier molecular flexibility index (Phi) is 5.71. The molecule has 4 rings (SSSR count). The summed E-state index contributed by atoms with van der Waals surface area (Å²) in [7, 11) is 0. The van der Waals surface area contributed by atoms with Gasteiger partial charge in [-0.2, -0.15) is 0 Å². The first-order valence-electron chi connectivity index (χ1n) is 9.82. The number of likely N-dealkylation sites (tertiary alicyclic amines) is 1. The number of hydrogen-bond acceptors (Lipinski definition) is 3. The Morgan fingerprint density at radius 3 is 2.36 bits per heavy atom. The lowest BCUT2D eigenvalue weighted by molar-refractivity contribution is -0.925. The van der Waals surface area contributed by atoms with Crippen molar-refractivity contribution in [2.75, 3.05) is 13.1 Å². The third kappa shape index (κ3) is 4.09. The van der Waals surface area contributed by atoms with Crippen LogP contribution in [-0.4, -0.2) is 33.3 Å². The molecule has 2 aromatic carbocycles. The van der Waals surface area contributed by atoms with E-state index in [0.29, 0.717) is 17.9 Å². The van der Waals surface area contributed by atoms with E-state index in [0.717, 1.165) is 31.5 Å². The minimum absolute atomic E-state index is 0.236. The molecule has 1 aliphatic rings. The second-order valence-corrected chi connectivity index (χ2v) is 7.35. The number of aromatic nitrogens is 4. The van der Waals surface area contributed by atoms with Gasteiger partial charge < -0.3 is 4.90 Å². The van der Waals surface area contributed by atoms with Crippen LogP contribution >= 0.6 is 0 Å². The largest absolute Gasteiger partial charge is 0.322 e. The molecule has 0 aliphatic carbocycles. The molecule has 1 atom stereocenters. The fourth-order valence-electron chi connectivity index (χ4n) is 4.02. The summed E-state index contributed by atoms with van der Waals surface area (Å²) in [6.07, 6.45) is 4.63. The topological polar surface area (TPSA) is 48.0 Å². The fraction of sp³-hybridized carbons (Fsp3) is 0.381. The summed E-state index contributed by atoms with van der Waals surface area (Å²) in [5.74, 6) is 0.130. The lowest BCUT2D eigenvalue weighted by atomic mass is 10.0. The summed E-state index contributed by atoms with van der Waals surface area (Å²) in [5.41, 5.74) is 1.52. The van der Waals surface area contributed by atoms with Gasteiger partial charge in [0, 0.05) is 0 Å². The van der Waals surface area contributed by atoms with Crippen LogP contribution in [0.4, 0.5) is 8.78 Å². The summed E-state index contributed by atoms with van der Waals surface area (Å²) in [5, 5.41) is 12.3. The fourth-order valence-corrected chi connectivity index (χ4v) is 4.02. The predicted molar refractivity (Wildman–Crippen MR) is 101 cm³/mol. The molecule has 5 nitrogen and oxygen atoms in total. The van der Waals surface area contributed by atoms with Crippen LogP contribution < -0.4 is 4.90 Å². The monoisotopic (exact) mass is 384 g/mol. The first kappa shape index (κ1) is 18.7. The zero-order valence-corrected chi connectivity index (χ0v) is 15.7. The van der Waals surface area contributed by atoms with Gasteiger partial charge in [0.1, 0.15) is 11.6 Å². The van der Waals surface area contributed by atoms with Crippen molar-refractivity contribution in [2.45, 2.75) is 38.3 Å². The van der Waals surface area contributed by atoms with E-state index in [1.165, 1.54) is 35.9 Å². The van der Waals surface area contributed by atoms with Gasteiger partial charge >= 0.3 is 0 Å². The van der Waals surface area contributed by atoms with Gasteiger partial charge in [0.25, 0.3) is 0 Å². The number of tetrazole rings is 1. The summed E-state index contributed by atoms with van der Waals surface area (Å²) < 4.78 is 29.7. The van der Waals surface area contributed by atoms with Crippen LogP contribution in [0.2, 0.25) is 0 Å². The van der Waals surface area contributed by atoms with Crippen molar-refractivity contribution in [3.8, 4) is 0 Å². The number of benzene rings is 2. The molecule has 1 aliphatic heterocycles. The van der Waals surface area contributed by atoms with Crippen molar-refractivity contribution in [1.82, 2.24) is 20.2 Å². The molecule has 3 aromatic rings. The third-order valence-corrected chi connectivity index (χ3v) is 5.43. The maximum Gasteiger partial charge on any atom is 0.214 e. The standard InChI is InChI=1S/C21H23F2N5/c22-17-11-9-16(10-12-17)15-28-21(24-25-26-28)20(18-7-3-4-8-19(18)23)27-13-5-1-2-6-14-27/h3-4,7-12,20H,1-2,5-6,13-15H2/p+1/t20-/m0/s1. The van der Waals surface area contributed by atoms with Crippen molar-refractivity contribution >= 4 is 0 Å². The molecule has 1 saturated heterocycles. The van der Waals surface area contributed by atoms with E-state index in [4.69, 9.17) is 0 Å². The molecule has 1 fully saturated rings.